The van der Waals surface area contributed by atoms with Crippen LogP contribution in [0.3, 0.4) is 0 Å². The number of thiophene rings is 1. The molecule has 2 aliphatic rings. The van der Waals surface area contributed by atoms with Crippen LogP contribution in [0.4, 0.5) is 5.69 Å². The Morgan fingerprint density at radius 2 is 1.84 bits per heavy atom. The van der Waals surface area contributed by atoms with Crippen molar-refractivity contribution < 1.29 is 4.79 Å². The summed E-state index contributed by atoms with van der Waals surface area (Å²) in [7, 11) is 0. The first kappa shape index (κ1) is 19.6. The van der Waals surface area contributed by atoms with E-state index in [1.807, 2.05) is 64.9 Å². The van der Waals surface area contributed by atoms with E-state index in [0.717, 1.165) is 16.1 Å². The minimum atomic E-state index is -1.41. The van der Waals surface area contributed by atoms with Gasteiger partial charge in [0.05, 0.1) is 24.1 Å². The summed E-state index contributed by atoms with van der Waals surface area (Å²) >= 11 is 7.68. The number of Topliss-reactive ketones (excluding diaryl/α,β-unsaturated/α-hetero) is 1. The lowest BCUT2D eigenvalue weighted by Gasteiger charge is -2.35. The van der Waals surface area contributed by atoms with Crippen LogP contribution < -0.4 is 4.90 Å². The average Bonchev–Trinajstić information content (AvgIpc) is 3.43. The molecule has 5 rings (SSSR count). The molecule has 1 saturated heterocycles. The molecule has 0 saturated carbocycles. The van der Waals surface area contributed by atoms with Crippen LogP contribution in [0.25, 0.3) is 6.08 Å². The lowest BCUT2D eigenvalue weighted by molar-refractivity contribution is 0.0951. The molecule has 0 N–H and O–H groups in total. The fourth-order valence-electron chi connectivity index (χ4n) is 4.81. The summed E-state index contributed by atoms with van der Waals surface area (Å²) in [4.78, 5) is 16.7. The molecule has 1 aromatic heterocycles. The average molecular weight is 442 g/mol. The van der Waals surface area contributed by atoms with Crippen molar-refractivity contribution in [1.29, 1.82) is 10.5 Å². The largest absolute Gasteiger partial charge is 0.351 e. The molecule has 2 aromatic carbocycles. The maximum Gasteiger partial charge on any atom is 0.185 e. The highest BCUT2D eigenvalue weighted by Gasteiger charge is 2.63. The Bertz CT molecular complexity index is 1260. The number of anilines is 1. The summed E-state index contributed by atoms with van der Waals surface area (Å²) < 4.78 is 0. The lowest BCUT2D eigenvalue weighted by Crippen LogP contribution is -2.44. The van der Waals surface area contributed by atoms with Crippen LogP contribution in [-0.4, -0.2) is 17.9 Å². The second-order valence-corrected chi connectivity index (χ2v) is 9.09. The van der Waals surface area contributed by atoms with E-state index in [1.54, 1.807) is 18.2 Å². The molecule has 0 amide bonds. The molecule has 0 radical (unpaired) electrons. The van der Waals surface area contributed by atoms with Crippen LogP contribution in [0, 0.1) is 28.1 Å². The van der Waals surface area contributed by atoms with Crippen molar-refractivity contribution in [3.05, 3.63) is 93.1 Å². The van der Waals surface area contributed by atoms with Crippen LogP contribution >= 0.6 is 22.9 Å². The first-order valence-corrected chi connectivity index (χ1v) is 11.1. The number of halogens is 1. The normalized spacial score (nSPS) is 22.8. The van der Waals surface area contributed by atoms with Gasteiger partial charge in [0.1, 0.15) is 6.04 Å². The fraction of sp³-hybridized carbons (Fsp3) is 0.160. The summed E-state index contributed by atoms with van der Waals surface area (Å²) in [6.45, 7) is 0. The third-order valence-electron chi connectivity index (χ3n) is 6.14. The van der Waals surface area contributed by atoms with E-state index in [0.29, 0.717) is 10.6 Å². The molecule has 0 spiro atoms. The van der Waals surface area contributed by atoms with Gasteiger partial charge >= 0.3 is 0 Å². The number of ketones is 1. The van der Waals surface area contributed by atoms with Crippen molar-refractivity contribution in [2.24, 2.45) is 5.41 Å². The Morgan fingerprint density at radius 1 is 1.06 bits per heavy atom. The SMILES string of the molecule is N#CC1(C#N)[C@H](c2cccs2)[C@@H](C(=O)c2ccccc2)N2c3ccc(Cl)cc3C=C[C@H]21. The Balaban J connectivity index is 1.78. The molecular weight excluding hydrogens is 426 g/mol. The van der Waals surface area contributed by atoms with E-state index in [-0.39, 0.29) is 5.78 Å². The van der Waals surface area contributed by atoms with Gasteiger partial charge in [0.15, 0.2) is 11.2 Å². The number of hydrogen-bond donors (Lipinski definition) is 0. The van der Waals surface area contributed by atoms with Gasteiger partial charge in [-0.1, -0.05) is 60.2 Å². The number of benzene rings is 2. The van der Waals surface area contributed by atoms with Gasteiger partial charge in [-0.15, -0.1) is 11.3 Å². The second-order valence-electron chi connectivity index (χ2n) is 7.68. The minimum absolute atomic E-state index is 0.104. The summed E-state index contributed by atoms with van der Waals surface area (Å²) in [6, 6.07) is 21.7. The van der Waals surface area contributed by atoms with Crippen molar-refractivity contribution in [3.8, 4) is 12.1 Å². The monoisotopic (exact) mass is 441 g/mol. The van der Waals surface area contributed by atoms with Gasteiger partial charge in [-0.2, -0.15) is 10.5 Å². The molecule has 3 atom stereocenters. The highest BCUT2D eigenvalue weighted by Crippen LogP contribution is 2.56. The van der Waals surface area contributed by atoms with Crippen LogP contribution in [0.1, 0.15) is 26.7 Å². The zero-order valence-electron chi connectivity index (χ0n) is 16.3. The standard InChI is InChI=1S/C25H16ClN3OS/c26-18-9-10-19-17(13-18)8-11-21-25(14-27,15-28)22(20-7-4-12-31-20)23(29(19)21)24(30)16-5-2-1-3-6-16/h1-13,21-23H/t21-,22+,23-/m0/s1. The summed E-state index contributed by atoms with van der Waals surface area (Å²) in [5.74, 6) is -0.695. The Hall–Kier alpha value is -3.38. The van der Waals surface area contributed by atoms with Crippen LogP contribution in [0.5, 0.6) is 0 Å². The minimum Gasteiger partial charge on any atom is -0.351 e. The van der Waals surface area contributed by atoms with Crippen molar-refractivity contribution in [3.63, 3.8) is 0 Å². The number of fused-ring (bicyclic) bond motifs is 3. The third kappa shape index (κ3) is 2.82. The van der Waals surface area contributed by atoms with Crippen molar-refractivity contribution in [2.75, 3.05) is 4.90 Å². The number of rotatable bonds is 3. The van der Waals surface area contributed by atoms with E-state index in [9.17, 15) is 15.3 Å². The molecule has 2 aliphatic heterocycles. The highest BCUT2D eigenvalue weighted by atomic mass is 35.5. The zero-order valence-corrected chi connectivity index (χ0v) is 17.8. The van der Waals surface area contributed by atoms with Crippen molar-refractivity contribution in [1.82, 2.24) is 0 Å². The fourth-order valence-corrected chi connectivity index (χ4v) is 5.93. The van der Waals surface area contributed by atoms with Gasteiger partial charge in [0, 0.05) is 21.2 Å². The van der Waals surface area contributed by atoms with Gasteiger partial charge in [0.25, 0.3) is 0 Å². The van der Waals surface area contributed by atoms with E-state index >= 15 is 0 Å². The van der Waals surface area contributed by atoms with E-state index in [4.69, 9.17) is 11.6 Å². The molecule has 3 aromatic rings. The molecule has 1 fully saturated rings. The summed E-state index contributed by atoms with van der Waals surface area (Å²) in [6.07, 6.45) is 3.76. The third-order valence-corrected chi connectivity index (χ3v) is 7.34. The molecule has 31 heavy (non-hydrogen) atoms. The Kier molecular flexibility index (Phi) is 4.67. The number of nitrogens with zero attached hydrogens (tertiary/aromatic N) is 3. The predicted molar refractivity (Wildman–Crippen MR) is 122 cm³/mol. The van der Waals surface area contributed by atoms with E-state index in [1.165, 1.54) is 11.3 Å². The van der Waals surface area contributed by atoms with E-state index in [2.05, 4.69) is 12.1 Å². The molecule has 6 heteroatoms. The first-order valence-electron chi connectivity index (χ1n) is 9.82. The first-order chi connectivity index (χ1) is 15.1. The van der Waals surface area contributed by atoms with Gasteiger partial charge in [-0.25, -0.2) is 0 Å². The van der Waals surface area contributed by atoms with Crippen LogP contribution in [0.15, 0.2) is 72.1 Å². The predicted octanol–water partition coefficient (Wildman–Crippen LogP) is 5.69. The van der Waals surface area contributed by atoms with Gasteiger partial charge in [-0.3, -0.25) is 4.79 Å². The van der Waals surface area contributed by atoms with Crippen molar-refractivity contribution in [2.45, 2.75) is 18.0 Å². The molecule has 0 unspecified atom stereocenters. The van der Waals surface area contributed by atoms with Crippen molar-refractivity contribution >= 4 is 40.5 Å². The number of carbonyl (C=O) groups excluding carboxylic acids is 1. The second kappa shape index (κ2) is 7.39. The number of carbonyl (C=O) groups is 1. The van der Waals surface area contributed by atoms with E-state index < -0.39 is 23.4 Å². The Labute approximate surface area is 189 Å². The molecule has 0 aliphatic carbocycles. The molecular formula is C25H16ClN3OS. The maximum atomic E-state index is 13.9. The molecule has 4 nitrogen and oxygen atoms in total. The summed E-state index contributed by atoms with van der Waals surface area (Å²) in [5, 5.41) is 23.2. The maximum absolute atomic E-state index is 13.9. The van der Waals surface area contributed by atoms with Crippen LogP contribution in [-0.2, 0) is 0 Å². The highest BCUT2D eigenvalue weighted by molar-refractivity contribution is 7.10. The quantitative estimate of drug-likeness (QED) is 0.490. The molecule has 0 bridgehead atoms. The smallest absolute Gasteiger partial charge is 0.185 e. The van der Waals surface area contributed by atoms with Gasteiger partial charge < -0.3 is 4.90 Å². The number of nitriles is 2. The summed E-state index contributed by atoms with van der Waals surface area (Å²) in [5.41, 5.74) is 0.823. The molecule has 3 heterocycles. The Morgan fingerprint density at radius 3 is 2.52 bits per heavy atom. The van der Waals surface area contributed by atoms with Gasteiger partial charge in [-0.05, 0) is 35.2 Å². The van der Waals surface area contributed by atoms with Gasteiger partial charge in [0.2, 0.25) is 0 Å². The number of hydrogen-bond acceptors (Lipinski definition) is 5. The van der Waals surface area contributed by atoms with Crippen LogP contribution in [0.2, 0.25) is 5.02 Å². The zero-order chi connectivity index (χ0) is 21.6. The topological polar surface area (TPSA) is 67.9 Å². The molecule has 150 valence electrons. The lowest BCUT2D eigenvalue weighted by atomic mass is 9.71.